The molecule has 29 heavy (non-hydrogen) atoms. The van der Waals surface area contributed by atoms with Crippen molar-refractivity contribution in [3.63, 3.8) is 0 Å². The third-order valence-corrected chi connectivity index (χ3v) is 6.26. The largest absolute Gasteiger partial charge is 0.462 e. The summed E-state index contributed by atoms with van der Waals surface area (Å²) in [6.07, 6.45) is 1.06. The Bertz CT molecular complexity index is 1070. The molecule has 2 nitrogen and oxygen atoms in total. The number of carbonyl (C=O) groups is 1. The van der Waals surface area contributed by atoms with Gasteiger partial charge in [0, 0.05) is 0 Å². The van der Waals surface area contributed by atoms with Gasteiger partial charge >= 0.3 is 5.97 Å². The smallest absolute Gasteiger partial charge is 0.339 e. The molecule has 2 aliphatic carbocycles. The van der Waals surface area contributed by atoms with Crippen molar-refractivity contribution in [2.24, 2.45) is 11.8 Å². The van der Waals surface area contributed by atoms with Gasteiger partial charge in [-0.1, -0.05) is 84.9 Å². The summed E-state index contributed by atoms with van der Waals surface area (Å²) in [5.41, 5.74) is 6.74. The summed E-state index contributed by atoms with van der Waals surface area (Å²) in [5.74, 6) is 1.12. The van der Waals surface area contributed by atoms with Crippen molar-refractivity contribution in [2.45, 2.75) is 19.3 Å². The Morgan fingerprint density at radius 3 is 2.24 bits per heavy atom. The van der Waals surface area contributed by atoms with Crippen molar-refractivity contribution in [2.75, 3.05) is 6.61 Å². The maximum atomic E-state index is 13.2. The van der Waals surface area contributed by atoms with Crippen molar-refractivity contribution in [3.8, 4) is 0 Å². The third-order valence-electron chi connectivity index (χ3n) is 6.26. The van der Waals surface area contributed by atoms with E-state index < -0.39 is 0 Å². The maximum Gasteiger partial charge on any atom is 0.339 e. The van der Waals surface area contributed by atoms with Gasteiger partial charge in [-0.05, 0) is 58.9 Å². The number of carbonyl (C=O) groups excluding carboxylic acids is 1. The van der Waals surface area contributed by atoms with Gasteiger partial charge in [0.05, 0.1) is 12.2 Å². The molecule has 1 unspecified atom stereocenters. The van der Waals surface area contributed by atoms with Gasteiger partial charge in [-0.2, -0.15) is 0 Å². The summed E-state index contributed by atoms with van der Waals surface area (Å²) in [7, 11) is 0. The van der Waals surface area contributed by atoms with Gasteiger partial charge < -0.3 is 4.74 Å². The highest BCUT2D eigenvalue weighted by Gasteiger charge is 2.56. The molecule has 3 aromatic carbocycles. The first-order chi connectivity index (χ1) is 14.3. The van der Waals surface area contributed by atoms with Gasteiger partial charge in [0.2, 0.25) is 0 Å². The minimum Gasteiger partial charge on any atom is -0.462 e. The van der Waals surface area contributed by atoms with Gasteiger partial charge in [-0.3, -0.25) is 0 Å². The summed E-state index contributed by atoms with van der Waals surface area (Å²) < 4.78 is 5.54. The average Bonchev–Trinajstić information content (AvgIpc) is 3.49. The second-order valence-corrected chi connectivity index (χ2v) is 7.86. The Morgan fingerprint density at radius 2 is 1.52 bits per heavy atom. The Balaban J connectivity index is 1.73. The van der Waals surface area contributed by atoms with Crippen LogP contribution in [0.2, 0.25) is 0 Å². The third kappa shape index (κ3) is 3.09. The lowest BCUT2D eigenvalue weighted by Crippen LogP contribution is -2.13. The molecule has 0 spiro atoms. The van der Waals surface area contributed by atoms with E-state index in [4.69, 9.17) is 4.74 Å². The predicted molar refractivity (Wildman–Crippen MR) is 116 cm³/mol. The first-order valence-corrected chi connectivity index (χ1v) is 10.4. The molecular formula is C27H24O2. The lowest BCUT2D eigenvalue weighted by Gasteiger charge is -2.22. The van der Waals surface area contributed by atoms with Crippen molar-refractivity contribution in [3.05, 3.63) is 107 Å². The predicted octanol–water partition coefficient (Wildman–Crippen LogP) is 5.75. The van der Waals surface area contributed by atoms with Gasteiger partial charge in [0.1, 0.15) is 0 Å². The summed E-state index contributed by atoms with van der Waals surface area (Å²) in [4.78, 5) is 13.2. The summed E-state index contributed by atoms with van der Waals surface area (Å²) in [5, 5.41) is 0. The Kier molecular flexibility index (Phi) is 4.55. The molecule has 2 aliphatic rings. The van der Waals surface area contributed by atoms with Crippen LogP contribution in [0.1, 0.15) is 35.1 Å². The van der Waals surface area contributed by atoms with E-state index in [0.29, 0.717) is 24.4 Å². The SMILES string of the molecule is CCOC(=O)/C(=C1/c2ccccc2C[C@H]2C(c3ccccc3)[C@@H]12)c1ccccc1. The lowest BCUT2D eigenvalue weighted by atomic mass is 9.83. The first kappa shape index (κ1) is 17.9. The molecule has 0 amide bonds. The van der Waals surface area contributed by atoms with Crippen LogP contribution in [0.15, 0.2) is 84.9 Å². The van der Waals surface area contributed by atoms with E-state index in [-0.39, 0.29) is 5.97 Å². The van der Waals surface area contributed by atoms with Crippen LogP contribution in [-0.2, 0) is 16.0 Å². The van der Waals surface area contributed by atoms with Crippen molar-refractivity contribution in [1.82, 2.24) is 0 Å². The topological polar surface area (TPSA) is 26.3 Å². The number of rotatable bonds is 4. The van der Waals surface area contributed by atoms with Gasteiger partial charge in [-0.15, -0.1) is 0 Å². The molecule has 1 fully saturated rings. The average molecular weight is 380 g/mol. The standard InChI is InChI=1S/C27H24O2/c1-2-29-27(28)24(19-13-7-4-8-14-19)25-21-16-10-9-15-20(21)17-22-23(26(22)25)18-11-5-3-6-12-18/h3-16,22-23,26H,2,17H2,1H3/b25-24-/t22-,23?,26-/m0/s1. The van der Waals surface area contributed by atoms with Crippen molar-refractivity contribution in [1.29, 1.82) is 0 Å². The number of esters is 1. The van der Waals surface area contributed by atoms with E-state index in [0.717, 1.165) is 23.1 Å². The van der Waals surface area contributed by atoms with E-state index in [1.165, 1.54) is 16.7 Å². The zero-order valence-corrected chi connectivity index (χ0v) is 16.5. The molecule has 0 aromatic heterocycles. The van der Waals surface area contributed by atoms with Crippen LogP contribution in [0.25, 0.3) is 11.1 Å². The summed E-state index contributed by atoms with van der Waals surface area (Å²) in [6, 6.07) is 29.3. The lowest BCUT2D eigenvalue weighted by molar-refractivity contribution is -0.136. The number of hydrogen-bond donors (Lipinski definition) is 0. The second-order valence-electron chi connectivity index (χ2n) is 7.86. The minimum absolute atomic E-state index is 0.220. The monoisotopic (exact) mass is 380 g/mol. The van der Waals surface area contributed by atoms with E-state index in [9.17, 15) is 4.79 Å². The quantitative estimate of drug-likeness (QED) is 0.426. The number of hydrogen-bond acceptors (Lipinski definition) is 2. The highest BCUT2D eigenvalue weighted by Crippen LogP contribution is 2.65. The maximum absolute atomic E-state index is 13.2. The zero-order valence-electron chi connectivity index (χ0n) is 16.5. The molecule has 144 valence electrons. The Hall–Kier alpha value is -3.13. The van der Waals surface area contributed by atoms with Crippen LogP contribution >= 0.6 is 0 Å². The number of allylic oxidation sites excluding steroid dienone is 1. The van der Waals surface area contributed by atoms with Gasteiger partial charge in [0.25, 0.3) is 0 Å². The molecule has 3 atom stereocenters. The Morgan fingerprint density at radius 1 is 0.862 bits per heavy atom. The fourth-order valence-corrected chi connectivity index (χ4v) is 5.04. The summed E-state index contributed by atoms with van der Waals surface area (Å²) >= 11 is 0. The molecule has 5 rings (SSSR count). The molecule has 1 saturated carbocycles. The highest BCUT2D eigenvalue weighted by molar-refractivity contribution is 6.25. The molecule has 0 aliphatic heterocycles. The van der Waals surface area contributed by atoms with Crippen LogP contribution in [0.3, 0.4) is 0 Å². The van der Waals surface area contributed by atoms with E-state index in [2.05, 4.69) is 54.6 Å². The fourth-order valence-electron chi connectivity index (χ4n) is 5.04. The van der Waals surface area contributed by atoms with Crippen LogP contribution in [-0.4, -0.2) is 12.6 Å². The molecular weight excluding hydrogens is 356 g/mol. The fraction of sp³-hybridized carbons (Fsp3) is 0.222. The minimum atomic E-state index is -0.220. The van der Waals surface area contributed by atoms with Crippen molar-refractivity contribution < 1.29 is 9.53 Å². The number of fused-ring (bicyclic) bond motifs is 2. The van der Waals surface area contributed by atoms with Crippen LogP contribution in [0.4, 0.5) is 0 Å². The van der Waals surface area contributed by atoms with E-state index in [1.54, 1.807) is 0 Å². The van der Waals surface area contributed by atoms with Crippen LogP contribution in [0.5, 0.6) is 0 Å². The number of benzene rings is 3. The van der Waals surface area contributed by atoms with Crippen LogP contribution in [0, 0.1) is 11.8 Å². The molecule has 0 radical (unpaired) electrons. The molecule has 2 heteroatoms. The van der Waals surface area contributed by atoms with E-state index in [1.807, 2.05) is 37.3 Å². The van der Waals surface area contributed by atoms with Gasteiger partial charge in [-0.25, -0.2) is 4.79 Å². The molecule has 0 bridgehead atoms. The summed E-state index contributed by atoms with van der Waals surface area (Å²) in [6.45, 7) is 2.24. The first-order valence-electron chi connectivity index (χ1n) is 10.4. The molecule has 0 saturated heterocycles. The molecule has 0 N–H and O–H groups in total. The zero-order chi connectivity index (χ0) is 19.8. The van der Waals surface area contributed by atoms with Crippen molar-refractivity contribution >= 4 is 17.1 Å². The second kappa shape index (κ2) is 7.36. The van der Waals surface area contributed by atoms with Gasteiger partial charge in [0.15, 0.2) is 0 Å². The molecule has 3 aromatic rings. The molecule has 0 heterocycles. The highest BCUT2D eigenvalue weighted by atomic mass is 16.5. The normalized spacial score (nSPS) is 23.6. The number of ether oxygens (including phenoxy) is 1. The Labute approximate surface area is 171 Å². The van der Waals surface area contributed by atoms with E-state index >= 15 is 0 Å². The van der Waals surface area contributed by atoms with Crippen LogP contribution < -0.4 is 0 Å².